The predicted molar refractivity (Wildman–Crippen MR) is 92.7 cm³/mol. The van der Waals surface area contributed by atoms with E-state index in [1.54, 1.807) is 36.5 Å². The molecule has 1 heterocycles. The molecule has 0 N–H and O–H groups in total. The first-order valence-corrected chi connectivity index (χ1v) is 7.92. The molecule has 2 aromatic carbocycles. The second-order valence-electron chi connectivity index (χ2n) is 5.11. The van der Waals surface area contributed by atoms with Crippen molar-refractivity contribution in [3.8, 4) is 17.1 Å². The molecule has 4 nitrogen and oxygen atoms in total. The van der Waals surface area contributed by atoms with Crippen LogP contribution in [0.2, 0.25) is 10.0 Å². The van der Waals surface area contributed by atoms with Crippen LogP contribution in [0.5, 0.6) is 5.75 Å². The van der Waals surface area contributed by atoms with E-state index in [1.807, 2.05) is 12.1 Å². The van der Waals surface area contributed by atoms with Gasteiger partial charge in [0.1, 0.15) is 5.75 Å². The first kappa shape index (κ1) is 16.6. The number of halogens is 2. The lowest BCUT2D eigenvalue weighted by Gasteiger charge is -2.08. The lowest BCUT2D eigenvalue weighted by atomic mass is 10.1. The fraction of sp³-hybridized carbons (Fsp3) is 0.111. The van der Waals surface area contributed by atoms with Crippen molar-refractivity contribution < 1.29 is 13.9 Å². The Labute approximate surface area is 149 Å². The van der Waals surface area contributed by atoms with Gasteiger partial charge in [0.05, 0.1) is 11.8 Å². The number of hydrogen-bond acceptors (Lipinski definition) is 4. The molecule has 0 amide bonds. The van der Waals surface area contributed by atoms with Gasteiger partial charge in [0, 0.05) is 15.6 Å². The summed E-state index contributed by atoms with van der Waals surface area (Å²) in [5.41, 5.74) is 1.29. The normalized spacial score (nSPS) is 10.6. The van der Waals surface area contributed by atoms with Crippen molar-refractivity contribution in [2.24, 2.45) is 0 Å². The van der Waals surface area contributed by atoms with E-state index in [9.17, 15) is 4.79 Å². The number of oxazole rings is 1. The van der Waals surface area contributed by atoms with Crippen molar-refractivity contribution in [1.29, 1.82) is 0 Å². The topological polar surface area (TPSA) is 52.3 Å². The summed E-state index contributed by atoms with van der Waals surface area (Å²) < 4.78 is 11.3. The number of carbonyl (C=O) groups excluding carboxylic acids is 1. The fourth-order valence-electron chi connectivity index (χ4n) is 2.17. The van der Waals surface area contributed by atoms with Crippen LogP contribution in [0.1, 0.15) is 23.2 Å². The molecule has 6 heteroatoms. The minimum absolute atomic E-state index is 0.107. The third-order valence-electron chi connectivity index (χ3n) is 3.35. The third kappa shape index (κ3) is 3.78. The number of benzene rings is 2. The number of hydrogen-bond donors (Lipinski definition) is 0. The van der Waals surface area contributed by atoms with E-state index >= 15 is 0 Å². The lowest BCUT2D eigenvalue weighted by molar-refractivity contribution is 0.101. The van der Waals surface area contributed by atoms with Crippen LogP contribution >= 0.6 is 23.2 Å². The first-order chi connectivity index (χ1) is 11.5. The van der Waals surface area contributed by atoms with Crippen LogP contribution in [0.3, 0.4) is 0 Å². The highest BCUT2D eigenvalue weighted by Crippen LogP contribution is 2.26. The predicted octanol–water partition coefficient (Wildman–Crippen LogP) is 5.43. The highest BCUT2D eigenvalue weighted by atomic mass is 35.5. The smallest absolute Gasteiger partial charge is 0.232 e. The molecule has 0 aliphatic rings. The van der Waals surface area contributed by atoms with Crippen LogP contribution in [0.4, 0.5) is 0 Å². The summed E-state index contributed by atoms with van der Waals surface area (Å²) in [4.78, 5) is 15.8. The van der Waals surface area contributed by atoms with Gasteiger partial charge in [0.2, 0.25) is 5.89 Å². The molecule has 0 fully saturated rings. The van der Waals surface area contributed by atoms with Gasteiger partial charge in [0.15, 0.2) is 18.2 Å². The molecule has 0 aliphatic heterocycles. The van der Waals surface area contributed by atoms with Gasteiger partial charge in [-0.1, -0.05) is 23.2 Å². The molecule has 0 unspecified atom stereocenters. The maximum absolute atomic E-state index is 11.7. The zero-order valence-electron chi connectivity index (χ0n) is 12.8. The summed E-state index contributed by atoms with van der Waals surface area (Å²) in [6.45, 7) is 1.57. The van der Waals surface area contributed by atoms with E-state index < -0.39 is 0 Å². The van der Waals surface area contributed by atoms with E-state index in [4.69, 9.17) is 32.4 Å². The molecule has 24 heavy (non-hydrogen) atoms. The summed E-state index contributed by atoms with van der Waals surface area (Å²) in [5, 5.41) is 1.13. The molecule has 3 rings (SSSR count). The van der Waals surface area contributed by atoms with Crippen molar-refractivity contribution in [3.05, 3.63) is 70.2 Å². The van der Waals surface area contributed by atoms with Crippen molar-refractivity contribution >= 4 is 29.0 Å². The van der Waals surface area contributed by atoms with Crippen LogP contribution in [0.25, 0.3) is 11.3 Å². The van der Waals surface area contributed by atoms with Crippen LogP contribution in [0.15, 0.2) is 53.1 Å². The zero-order chi connectivity index (χ0) is 17.1. The number of aromatic nitrogens is 1. The largest absolute Gasteiger partial charge is 0.483 e. The minimum atomic E-state index is -0.123. The summed E-state index contributed by atoms with van der Waals surface area (Å²) in [6, 6.07) is 12.2. The number of ketones is 1. The van der Waals surface area contributed by atoms with Crippen LogP contribution in [-0.2, 0) is 6.61 Å². The van der Waals surface area contributed by atoms with Crippen LogP contribution in [0, 0.1) is 0 Å². The monoisotopic (exact) mass is 361 g/mol. The molecule has 0 atom stereocenters. The second kappa shape index (κ2) is 7.07. The van der Waals surface area contributed by atoms with E-state index in [0.29, 0.717) is 33.0 Å². The van der Waals surface area contributed by atoms with Gasteiger partial charge in [0.25, 0.3) is 0 Å². The summed E-state index contributed by atoms with van der Waals surface area (Å²) in [5.74, 6) is 1.34. The molecule has 3 aromatic rings. The van der Waals surface area contributed by atoms with E-state index in [-0.39, 0.29) is 12.4 Å². The van der Waals surface area contributed by atoms with Gasteiger partial charge in [-0.05, 0) is 49.4 Å². The molecule has 0 spiro atoms. The van der Waals surface area contributed by atoms with Crippen molar-refractivity contribution in [2.45, 2.75) is 13.5 Å². The standard InChI is InChI=1S/C18H13Cl2NO3/c1-11(22)15-8-14(20)6-7-16(15)23-10-18-21-9-17(24-18)12-2-4-13(19)5-3-12/h2-9H,10H2,1H3. The third-order valence-corrected chi connectivity index (χ3v) is 3.84. The molecule has 0 saturated heterocycles. The van der Waals surface area contributed by atoms with E-state index in [0.717, 1.165) is 5.56 Å². The number of carbonyl (C=O) groups is 1. The Morgan fingerprint density at radius 3 is 2.54 bits per heavy atom. The number of ether oxygens (including phenoxy) is 1. The van der Waals surface area contributed by atoms with Crippen LogP contribution in [-0.4, -0.2) is 10.8 Å². The average Bonchev–Trinajstić information content (AvgIpc) is 3.03. The van der Waals surface area contributed by atoms with Gasteiger partial charge in [-0.3, -0.25) is 4.79 Å². The van der Waals surface area contributed by atoms with Crippen molar-refractivity contribution in [3.63, 3.8) is 0 Å². The van der Waals surface area contributed by atoms with Gasteiger partial charge >= 0.3 is 0 Å². The average molecular weight is 362 g/mol. The Hall–Kier alpha value is -2.30. The van der Waals surface area contributed by atoms with Gasteiger partial charge in [-0.2, -0.15) is 0 Å². The molecule has 0 saturated carbocycles. The number of nitrogens with zero attached hydrogens (tertiary/aromatic N) is 1. The minimum Gasteiger partial charge on any atom is -0.483 e. The van der Waals surface area contributed by atoms with Crippen molar-refractivity contribution in [2.75, 3.05) is 0 Å². The lowest BCUT2D eigenvalue weighted by Crippen LogP contribution is -2.01. The highest BCUT2D eigenvalue weighted by Gasteiger charge is 2.12. The first-order valence-electron chi connectivity index (χ1n) is 7.17. The molecule has 0 bridgehead atoms. The number of rotatable bonds is 5. The molecule has 1 aromatic heterocycles. The SMILES string of the molecule is CC(=O)c1cc(Cl)ccc1OCc1ncc(-c2ccc(Cl)cc2)o1. The molecular weight excluding hydrogens is 349 g/mol. The Morgan fingerprint density at radius 1 is 1.12 bits per heavy atom. The Bertz CT molecular complexity index is 872. The molecule has 0 aliphatic carbocycles. The summed E-state index contributed by atoms with van der Waals surface area (Å²) >= 11 is 11.8. The van der Waals surface area contributed by atoms with Gasteiger partial charge in [-0.15, -0.1) is 0 Å². The van der Waals surface area contributed by atoms with Crippen molar-refractivity contribution in [1.82, 2.24) is 4.98 Å². The second-order valence-corrected chi connectivity index (χ2v) is 5.98. The maximum atomic E-state index is 11.7. The Morgan fingerprint density at radius 2 is 1.83 bits per heavy atom. The number of Topliss-reactive ketones (excluding diaryl/α,β-unsaturated/α-hetero) is 1. The molecular formula is C18H13Cl2NO3. The summed E-state index contributed by atoms with van der Waals surface area (Å²) in [6.07, 6.45) is 1.62. The maximum Gasteiger partial charge on any atom is 0.232 e. The summed E-state index contributed by atoms with van der Waals surface area (Å²) in [7, 11) is 0. The van der Waals surface area contributed by atoms with E-state index in [1.165, 1.54) is 6.92 Å². The van der Waals surface area contributed by atoms with E-state index in [2.05, 4.69) is 4.98 Å². The van der Waals surface area contributed by atoms with Crippen LogP contribution < -0.4 is 4.74 Å². The van der Waals surface area contributed by atoms with Gasteiger partial charge in [-0.25, -0.2) is 4.98 Å². The highest BCUT2D eigenvalue weighted by molar-refractivity contribution is 6.31. The quantitative estimate of drug-likeness (QED) is 0.568. The molecule has 0 radical (unpaired) electrons. The fourth-order valence-corrected chi connectivity index (χ4v) is 2.47. The Kier molecular flexibility index (Phi) is 4.88. The molecule has 122 valence electrons. The zero-order valence-corrected chi connectivity index (χ0v) is 14.3. The van der Waals surface area contributed by atoms with Gasteiger partial charge < -0.3 is 9.15 Å². The Balaban J connectivity index is 1.74.